The lowest BCUT2D eigenvalue weighted by molar-refractivity contribution is 0.0774. The molecule has 2 aliphatic heterocycles. The second-order valence-electron chi connectivity index (χ2n) is 4.94. The van der Waals surface area contributed by atoms with Gasteiger partial charge in [0, 0.05) is 18.8 Å². The van der Waals surface area contributed by atoms with E-state index in [9.17, 15) is 4.79 Å². The van der Waals surface area contributed by atoms with Crippen LogP contribution in [0.5, 0.6) is 11.5 Å². The number of carbonyl (C=O) groups is 1. The van der Waals surface area contributed by atoms with Crippen molar-refractivity contribution in [3.8, 4) is 11.5 Å². The van der Waals surface area contributed by atoms with Crippen LogP contribution in [-0.4, -0.2) is 43.3 Å². The van der Waals surface area contributed by atoms with Crippen LogP contribution in [0.3, 0.4) is 0 Å². The Kier molecular flexibility index (Phi) is 3.34. The van der Waals surface area contributed by atoms with Gasteiger partial charge < -0.3 is 14.4 Å². The van der Waals surface area contributed by atoms with E-state index in [1.165, 1.54) is 0 Å². The van der Waals surface area contributed by atoms with Gasteiger partial charge in [-0.2, -0.15) is 0 Å². The third-order valence-corrected chi connectivity index (χ3v) is 3.76. The zero-order valence-corrected chi connectivity index (χ0v) is 11.8. The van der Waals surface area contributed by atoms with Gasteiger partial charge in [0.05, 0.1) is 31.0 Å². The first-order chi connectivity index (χ1) is 9.74. The summed E-state index contributed by atoms with van der Waals surface area (Å²) in [4.78, 5) is 19.0. The zero-order chi connectivity index (χ0) is 14.1. The van der Waals surface area contributed by atoms with Crippen LogP contribution in [0.25, 0.3) is 0 Å². The minimum atomic E-state index is 0.0290. The molecule has 1 unspecified atom stereocenters. The van der Waals surface area contributed by atoms with Crippen molar-refractivity contribution >= 4 is 17.8 Å². The van der Waals surface area contributed by atoms with Crippen LogP contribution < -0.4 is 9.47 Å². The van der Waals surface area contributed by atoms with Crippen molar-refractivity contribution in [2.45, 2.75) is 25.8 Å². The predicted molar refractivity (Wildman–Crippen MR) is 76.4 cm³/mol. The first-order valence-corrected chi connectivity index (χ1v) is 6.94. The highest BCUT2D eigenvalue weighted by Gasteiger charge is 2.32. The van der Waals surface area contributed by atoms with Gasteiger partial charge in [0.15, 0.2) is 11.5 Å². The number of amides is 1. The summed E-state index contributed by atoms with van der Waals surface area (Å²) in [6.45, 7) is 3.25. The van der Waals surface area contributed by atoms with Gasteiger partial charge in [-0.05, 0) is 25.8 Å². The maximum absolute atomic E-state index is 12.6. The normalized spacial score (nSPS) is 20.4. The number of fused-ring (bicyclic) bond motifs is 2. The molecule has 5 nitrogen and oxygen atoms in total. The average Bonchev–Trinajstić information content (AvgIpc) is 2.88. The number of carbonyl (C=O) groups excluding carboxylic acids is 1. The third-order valence-electron chi connectivity index (χ3n) is 3.76. The Hall–Kier alpha value is -2.04. The van der Waals surface area contributed by atoms with E-state index in [1.807, 2.05) is 18.0 Å². The summed E-state index contributed by atoms with van der Waals surface area (Å²) < 4.78 is 10.9. The molecule has 0 spiro atoms. The number of aliphatic imine (C=N–C) groups is 1. The van der Waals surface area contributed by atoms with Gasteiger partial charge in [0.2, 0.25) is 0 Å². The number of ether oxygens (including phenoxy) is 2. The Balaban J connectivity index is 2.08. The first kappa shape index (κ1) is 13.0. The molecular weight excluding hydrogens is 256 g/mol. The quantitative estimate of drug-likeness (QED) is 0.850. The first-order valence-electron chi connectivity index (χ1n) is 6.94. The van der Waals surface area contributed by atoms with Crippen LogP contribution in [0.2, 0.25) is 0 Å². The minimum Gasteiger partial charge on any atom is -0.493 e. The van der Waals surface area contributed by atoms with Crippen LogP contribution in [0, 0.1) is 0 Å². The highest BCUT2D eigenvalue weighted by molar-refractivity contribution is 6.03. The van der Waals surface area contributed by atoms with Gasteiger partial charge >= 0.3 is 0 Å². The van der Waals surface area contributed by atoms with Gasteiger partial charge in [-0.1, -0.05) is 0 Å². The number of rotatable bonds is 3. The molecule has 1 atom stereocenters. The van der Waals surface area contributed by atoms with Crippen molar-refractivity contribution in [2.75, 3.05) is 20.3 Å². The number of nitrogens with zero attached hydrogens (tertiary/aromatic N) is 2. The zero-order valence-electron chi connectivity index (χ0n) is 11.8. The van der Waals surface area contributed by atoms with Crippen molar-refractivity contribution in [3.63, 3.8) is 0 Å². The summed E-state index contributed by atoms with van der Waals surface area (Å²) in [5.74, 6) is 1.23. The molecule has 0 radical (unpaired) electrons. The van der Waals surface area contributed by atoms with Gasteiger partial charge in [0.25, 0.3) is 5.91 Å². The molecule has 0 N–H and O–H groups in total. The van der Waals surface area contributed by atoms with E-state index in [2.05, 4.69) is 4.99 Å². The van der Waals surface area contributed by atoms with Crippen LogP contribution in [0.1, 0.15) is 30.1 Å². The lowest BCUT2D eigenvalue weighted by Crippen LogP contribution is -2.35. The Morgan fingerprint density at radius 3 is 3.00 bits per heavy atom. The van der Waals surface area contributed by atoms with E-state index < -0.39 is 0 Å². The number of hydrogen-bond donors (Lipinski definition) is 0. The molecule has 0 aliphatic carbocycles. The average molecular weight is 274 g/mol. The molecule has 3 rings (SSSR count). The number of hydrogen-bond acceptors (Lipinski definition) is 4. The van der Waals surface area contributed by atoms with Crippen molar-refractivity contribution in [2.24, 2.45) is 4.99 Å². The maximum atomic E-state index is 12.6. The molecule has 1 aromatic carbocycles. The van der Waals surface area contributed by atoms with E-state index in [1.54, 1.807) is 19.2 Å². The van der Waals surface area contributed by atoms with Crippen molar-refractivity contribution in [1.82, 2.24) is 4.90 Å². The van der Waals surface area contributed by atoms with Crippen molar-refractivity contribution in [3.05, 3.63) is 17.7 Å². The summed E-state index contributed by atoms with van der Waals surface area (Å²) in [7, 11) is 1.58. The molecule has 1 fully saturated rings. The Bertz CT molecular complexity index is 568. The Morgan fingerprint density at radius 2 is 2.25 bits per heavy atom. The summed E-state index contributed by atoms with van der Waals surface area (Å²) in [6.07, 6.45) is 3.89. The molecule has 1 saturated heterocycles. The second-order valence-corrected chi connectivity index (χ2v) is 4.94. The van der Waals surface area contributed by atoms with E-state index in [0.717, 1.165) is 19.4 Å². The number of methoxy groups -OCH3 is 1. The van der Waals surface area contributed by atoms with Gasteiger partial charge in [0.1, 0.15) is 0 Å². The lowest BCUT2D eigenvalue weighted by atomic mass is 10.1. The highest BCUT2D eigenvalue weighted by atomic mass is 16.5. The van der Waals surface area contributed by atoms with Crippen LogP contribution >= 0.6 is 0 Å². The fourth-order valence-corrected chi connectivity index (χ4v) is 2.78. The smallest absolute Gasteiger partial charge is 0.256 e. The van der Waals surface area contributed by atoms with Crippen LogP contribution in [-0.2, 0) is 0 Å². The number of benzene rings is 1. The fourth-order valence-electron chi connectivity index (χ4n) is 2.78. The van der Waals surface area contributed by atoms with Crippen LogP contribution in [0.4, 0.5) is 5.69 Å². The van der Waals surface area contributed by atoms with Crippen LogP contribution in [0.15, 0.2) is 17.1 Å². The molecule has 20 heavy (non-hydrogen) atoms. The molecule has 1 aromatic rings. The van der Waals surface area contributed by atoms with E-state index >= 15 is 0 Å². The Labute approximate surface area is 118 Å². The van der Waals surface area contributed by atoms with Crippen molar-refractivity contribution in [1.29, 1.82) is 0 Å². The van der Waals surface area contributed by atoms with E-state index in [0.29, 0.717) is 29.4 Å². The molecular formula is C15H18N2O3. The molecule has 0 bridgehead atoms. The molecule has 2 heterocycles. The lowest BCUT2D eigenvalue weighted by Gasteiger charge is -2.20. The molecule has 2 aliphatic rings. The highest BCUT2D eigenvalue weighted by Crippen LogP contribution is 2.37. The minimum absolute atomic E-state index is 0.0290. The van der Waals surface area contributed by atoms with Gasteiger partial charge in [-0.3, -0.25) is 9.79 Å². The molecule has 1 amide bonds. The topological polar surface area (TPSA) is 51.1 Å². The van der Waals surface area contributed by atoms with E-state index in [4.69, 9.17) is 9.47 Å². The summed E-state index contributed by atoms with van der Waals surface area (Å²) in [6, 6.07) is 3.64. The molecule has 0 aromatic heterocycles. The summed E-state index contributed by atoms with van der Waals surface area (Å²) in [5, 5.41) is 0. The molecule has 0 saturated carbocycles. The molecule has 5 heteroatoms. The standard InChI is InChI=1S/C15H18N2O3/c1-3-20-14-8-12-11(7-13(14)19-2)15(18)17-6-4-5-10(17)9-16-12/h7-10H,3-6H2,1-2H3. The van der Waals surface area contributed by atoms with Gasteiger partial charge in [-0.15, -0.1) is 0 Å². The Morgan fingerprint density at radius 1 is 1.40 bits per heavy atom. The summed E-state index contributed by atoms with van der Waals surface area (Å²) >= 11 is 0. The second kappa shape index (κ2) is 5.15. The third kappa shape index (κ3) is 2.03. The maximum Gasteiger partial charge on any atom is 0.256 e. The SMILES string of the molecule is CCOc1cc2c(cc1OC)C(=O)N1CCCC1C=N2. The van der Waals surface area contributed by atoms with Gasteiger partial charge in [-0.25, -0.2) is 0 Å². The van der Waals surface area contributed by atoms with Crippen molar-refractivity contribution < 1.29 is 14.3 Å². The summed E-state index contributed by atoms with van der Waals surface area (Å²) in [5.41, 5.74) is 1.25. The fraction of sp³-hybridized carbons (Fsp3) is 0.467. The molecule has 106 valence electrons. The monoisotopic (exact) mass is 274 g/mol. The predicted octanol–water partition coefficient (Wildman–Crippen LogP) is 2.41. The van der Waals surface area contributed by atoms with E-state index in [-0.39, 0.29) is 11.9 Å². The largest absolute Gasteiger partial charge is 0.493 e.